The number of carbonyl (C=O) groups excluding carboxylic acids is 1. The van der Waals surface area contributed by atoms with E-state index in [9.17, 15) is 13.2 Å². The van der Waals surface area contributed by atoms with Gasteiger partial charge in [0.15, 0.2) is 0 Å². The van der Waals surface area contributed by atoms with Crippen LogP contribution in [0.15, 0.2) is 41.4 Å². The lowest BCUT2D eigenvalue weighted by Crippen LogP contribution is -2.35. The van der Waals surface area contributed by atoms with Crippen LogP contribution in [0.3, 0.4) is 0 Å². The van der Waals surface area contributed by atoms with E-state index in [1.165, 1.54) is 0 Å². The van der Waals surface area contributed by atoms with Gasteiger partial charge in [-0.3, -0.25) is 4.79 Å². The number of nitrogens with one attached hydrogen (secondary N) is 1. The van der Waals surface area contributed by atoms with Crippen LogP contribution in [0.25, 0.3) is 0 Å². The number of sulfonamides is 1. The topological polar surface area (TPSA) is 85.8 Å². The van der Waals surface area contributed by atoms with Crippen LogP contribution < -0.4 is 10.2 Å². The summed E-state index contributed by atoms with van der Waals surface area (Å²) in [6.45, 7) is 6.95. The van der Waals surface area contributed by atoms with E-state index in [1.54, 1.807) is 28.7 Å². The molecule has 1 amide bonds. The number of halogens is 1. The third-order valence-electron chi connectivity index (χ3n) is 7.41. The molecule has 5 rings (SSSR count). The highest BCUT2D eigenvalue weighted by Crippen LogP contribution is 2.36. The van der Waals surface area contributed by atoms with Crippen LogP contribution in [0.5, 0.6) is 0 Å². The number of pyridine rings is 1. The summed E-state index contributed by atoms with van der Waals surface area (Å²) in [5, 5.41) is 3.54. The van der Waals surface area contributed by atoms with Crippen molar-refractivity contribution in [1.29, 1.82) is 0 Å². The predicted molar refractivity (Wildman–Crippen MR) is 137 cm³/mol. The first-order chi connectivity index (χ1) is 16.8. The second-order valence-corrected chi connectivity index (χ2v) is 12.2. The Morgan fingerprint density at radius 1 is 1.11 bits per heavy atom. The molecule has 8 nitrogen and oxygen atoms in total. The standard InChI is InChI=1S/C25H32ClN5O3S/c1-18-6-7-21(13-22(18)26)28-24(32)8-12-29-14-19-16-31(17-20(19)15-29)35(33,34)23-5-4-9-27-25(23)30-10-2-3-11-30/h4-7,9,13,19-20H,2-3,8,10-12,14-17H2,1H3,(H,28,32). The van der Waals surface area contributed by atoms with Crippen molar-refractivity contribution in [3.8, 4) is 0 Å². The van der Waals surface area contributed by atoms with Gasteiger partial charge in [-0.15, -0.1) is 0 Å². The summed E-state index contributed by atoms with van der Waals surface area (Å²) < 4.78 is 28.7. The van der Waals surface area contributed by atoms with Gasteiger partial charge in [-0.25, -0.2) is 13.4 Å². The number of carbonyl (C=O) groups is 1. The van der Waals surface area contributed by atoms with Gasteiger partial charge >= 0.3 is 0 Å². The van der Waals surface area contributed by atoms with Crippen LogP contribution in [-0.2, 0) is 14.8 Å². The first kappa shape index (κ1) is 24.5. The Morgan fingerprint density at radius 2 is 1.83 bits per heavy atom. The van der Waals surface area contributed by atoms with E-state index in [-0.39, 0.29) is 17.7 Å². The Kier molecular flexibility index (Phi) is 7.03. The van der Waals surface area contributed by atoms with E-state index >= 15 is 0 Å². The van der Waals surface area contributed by atoms with Crippen molar-refractivity contribution < 1.29 is 13.2 Å². The molecular formula is C25H32ClN5O3S. The molecule has 10 heteroatoms. The third kappa shape index (κ3) is 5.18. The summed E-state index contributed by atoms with van der Waals surface area (Å²) in [5.41, 5.74) is 1.67. The average Bonchev–Trinajstić information content (AvgIpc) is 3.57. The summed E-state index contributed by atoms with van der Waals surface area (Å²) in [4.78, 5) is 21.5. The monoisotopic (exact) mass is 517 g/mol. The van der Waals surface area contributed by atoms with Gasteiger partial charge in [-0.2, -0.15) is 4.31 Å². The molecule has 3 aliphatic rings. The third-order valence-corrected chi connectivity index (χ3v) is 9.67. The fourth-order valence-corrected chi connectivity index (χ4v) is 7.37. The minimum absolute atomic E-state index is 0.0443. The van der Waals surface area contributed by atoms with Crippen molar-refractivity contribution in [2.45, 2.75) is 31.1 Å². The van der Waals surface area contributed by atoms with Crippen molar-refractivity contribution >= 4 is 39.0 Å². The summed E-state index contributed by atoms with van der Waals surface area (Å²) >= 11 is 6.14. The molecule has 188 valence electrons. The number of aromatic nitrogens is 1. The quantitative estimate of drug-likeness (QED) is 0.607. The van der Waals surface area contributed by atoms with Gasteiger partial charge < -0.3 is 15.1 Å². The summed E-state index contributed by atoms with van der Waals surface area (Å²) in [6, 6.07) is 8.91. The van der Waals surface area contributed by atoms with Gasteiger partial charge in [-0.05, 0) is 61.4 Å². The van der Waals surface area contributed by atoms with Crippen molar-refractivity contribution in [2.75, 3.05) is 56.0 Å². The second kappa shape index (κ2) is 10.0. The normalized spacial score (nSPS) is 23.1. The molecule has 1 aromatic carbocycles. The number of aryl methyl sites for hydroxylation is 1. The lowest BCUT2D eigenvalue weighted by Gasteiger charge is -2.24. The van der Waals surface area contributed by atoms with Gasteiger partial charge in [0.2, 0.25) is 15.9 Å². The first-order valence-electron chi connectivity index (χ1n) is 12.3. The Labute approximate surface area is 212 Å². The van der Waals surface area contributed by atoms with E-state index < -0.39 is 10.0 Å². The molecule has 2 atom stereocenters. The molecule has 2 aromatic rings. The fraction of sp³-hybridized carbons (Fsp3) is 0.520. The number of anilines is 2. The number of benzene rings is 1. The average molecular weight is 518 g/mol. The maximum Gasteiger partial charge on any atom is 0.246 e. The highest BCUT2D eigenvalue weighted by molar-refractivity contribution is 7.89. The smallest absolute Gasteiger partial charge is 0.246 e. The van der Waals surface area contributed by atoms with Crippen LogP contribution in [0.1, 0.15) is 24.8 Å². The fourth-order valence-electron chi connectivity index (χ4n) is 5.47. The number of hydrogen-bond donors (Lipinski definition) is 1. The summed E-state index contributed by atoms with van der Waals surface area (Å²) in [7, 11) is -3.60. The van der Waals surface area contributed by atoms with E-state index in [0.717, 1.165) is 44.6 Å². The van der Waals surface area contributed by atoms with Crippen molar-refractivity contribution in [3.63, 3.8) is 0 Å². The highest BCUT2D eigenvalue weighted by Gasteiger charge is 2.45. The lowest BCUT2D eigenvalue weighted by atomic mass is 10.0. The molecule has 3 saturated heterocycles. The molecule has 4 heterocycles. The van der Waals surface area contributed by atoms with Gasteiger partial charge in [0, 0.05) is 69.1 Å². The van der Waals surface area contributed by atoms with E-state index in [0.29, 0.717) is 47.5 Å². The van der Waals surface area contributed by atoms with E-state index in [1.807, 2.05) is 19.1 Å². The first-order valence-corrected chi connectivity index (χ1v) is 14.1. The lowest BCUT2D eigenvalue weighted by molar-refractivity contribution is -0.116. The molecule has 0 bridgehead atoms. The second-order valence-electron chi connectivity index (χ2n) is 9.88. The molecule has 3 aliphatic heterocycles. The molecule has 1 N–H and O–H groups in total. The maximum absolute atomic E-state index is 13.5. The van der Waals surface area contributed by atoms with Crippen molar-refractivity contribution in [1.82, 2.24) is 14.2 Å². The van der Waals surface area contributed by atoms with Crippen LogP contribution in [0.2, 0.25) is 5.02 Å². The Bertz CT molecular complexity index is 1190. The zero-order valence-electron chi connectivity index (χ0n) is 20.0. The Hall–Kier alpha value is -2.20. The van der Waals surface area contributed by atoms with Gasteiger partial charge in [0.25, 0.3) is 0 Å². The SMILES string of the molecule is Cc1ccc(NC(=O)CCN2CC3CN(S(=O)(=O)c4cccnc4N4CCCC4)CC3C2)cc1Cl. The largest absolute Gasteiger partial charge is 0.355 e. The van der Waals surface area contributed by atoms with E-state index in [2.05, 4.69) is 20.1 Å². The predicted octanol–water partition coefficient (Wildman–Crippen LogP) is 3.22. The number of hydrogen-bond acceptors (Lipinski definition) is 6. The van der Waals surface area contributed by atoms with Gasteiger partial charge in [0.05, 0.1) is 0 Å². The molecule has 0 radical (unpaired) electrons. The number of nitrogens with zero attached hydrogens (tertiary/aromatic N) is 4. The summed E-state index contributed by atoms with van der Waals surface area (Å²) in [6.07, 6.45) is 4.20. The number of fused-ring (bicyclic) bond motifs is 1. The number of likely N-dealkylation sites (tertiary alicyclic amines) is 1. The van der Waals surface area contributed by atoms with Crippen molar-refractivity contribution in [2.24, 2.45) is 11.8 Å². The van der Waals surface area contributed by atoms with Crippen LogP contribution >= 0.6 is 11.6 Å². The highest BCUT2D eigenvalue weighted by atomic mass is 35.5. The minimum atomic E-state index is -3.60. The molecule has 1 aromatic heterocycles. The molecule has 0 aliphatic carbocycles. The van der Waals surface area contributed by atoms with Gasteiger partial charge in [0.1, 0.15) is 10.7 Å². The Morgan fingerprint density at radius 3 is 2.51 bits per heavy atom. The zero-order valence-corrected chi connectivity index (χ0v) is 21.6. The maximum atomic E-state index is 13.5. The molecule has 0 saturated carbocycles. The molecular weight excluding hydrogens is 486 g/mol. The number of amides is 1. The van der Waals surface area contributed by atoms with Gasteiger partial charge in [-0.1, -0.05) is 17.7 Å². The van der Waals surface area contributed by atoms with Crippen molar-refractivity contribution in [3.05, 3.63) is 47.1 Å². The molecule has 2 unspecified atom stereocenters. The Balaban J connectivity index is 1.15. The summed E-state index contributed by atoms with van der Waals surface area (Å²) in [5.74, 6) is 1.12. The van der Waals surface area contributed by atoms with Crippen LogP contribution in [0, 0.1) is 18.8 Å². The molecule has 0 spiro atoms. The van der Waals surface area contributed by atoms with Crippen LogP contribution in [-0.4, -0.2) is 74.3 Å². The molecule has 3 fully saturated rings. The zero-order chi connectivity index (χ0) is 24.6. The number of rotatable bonds is 7. The van der Waals surface area contributed by atoms with E-state index in [4.69, 9.17) is 11.6 Å². The minimum Gasteiger partial charge on any atom is -0.355 e. The van der Waals surface area contributed by atoms with Crippen LogP contribution in [0.4, 0.5) is 11.5 Å². The molecule has 35 heavy (non-hydrogen) atoms.